The number of rotatable bonds is 1. The van der Waals surface area contributed by atoms with Crippen molar-refractivity contribution in [1.29, 1.82) is 0 Å². The van der Waals surface area contributed by atoms with Gasteiger partial charge in [-0.2, -0.15) is 0 Å². The third-order valence-electron chi connectivity index (χ3n) is 2.30. The molecule has 0 bridgehead atoms. The molecule has 3 heteroatoms. The lowest BCUT2D eigenvalue weighted by Gasteiger charge is -2.35. The molecule has 0 aliphatic carbocycles. The molecule has 3 nitrogen and oxygen atoms in total. The molecule has 1 heterocycles. The maximum absolute atomic E-state index is 11.2. The van der Waals surface area contributed by atoms with E-state index in [-0.39, 0.29) is 11.8 Å². The standard InChI is InChI=1S/C9H14N2O/c1-4-9(12)8-7-10(2)5-6-11(8)3/h1,8H,5-7H2,2-3H3. The van der Waals surface area contributed by atoms with Crippen LogP contribution < -0.4 is 0 Å². The molecular weight excluding hydrogens is 152 g/mol. The number of carbonyl (C=O) groups excluding carboxylic acids is 1. The number of Topliss-reactive ketones (excluding diaryl/α,β-unsaturated/α-hetero) is 1. The van der Waals surface area contributed by atoms with Crippen LogP contribution in [0.5, 0.6) is 0 Å². The zero-order valence-electron chi connectivity index (χ0n) is 7.58. The van der Waals surface area contributed by atoms with Crippen LogP contribution in [0.1, 0.15) is 0 Å². The van der Waals surface area contributed by atoms with Gasteiger partial charge in [0.25, 0.3) is 0 Å². The summed E-state index contributed by atoms with van der Waals surface area (Å²) >= 11 is 0. The molecule has 0 radical (unpaired) electrons. The molecule has 1 fully saturated rings. The summed E-state index contributed by atoms with van der Waals surface area (Å²) in [6.07, 6.45) is 5.07. The fourth-order valence-corrected chi connectivity index (χ4v) is 1.39. The predicted octanol–water partition coefficient (Wildman–Crippen LogP) is -0.566. The molecule has 12 heavy (non-hydrogen) atoms. The number of likely N-dealkylation sites (N-methyl/N-ethyl adjacent to an activating group) is 2. The fraction of sp³-hybridized carbons (Fsp3) is 0.667. The molecule has 1 aliphatic heterocycles. The Kier molecular flexibility index (Phi) is 2.85. The number of hydrogen-bond donors (Lipinski definition) is 0. The van der Waals surface area contributed by atoms with Crippen molar-refractivity contribution in [3.05, 3.63) is 0 Å². The highest BCUT2D eigenvalue weighted by molar-refractivity contribution is 5.99. The van der Waals surface area contributed by atoms with Gasteiger partial charge in [-0.15, -0.1) is 6.42 Å². The number of nitrogens with zero attached hydrogens (tertiary/aromatic N) is 2. The Labute approximate surface area is 73.3 Å². The van der Waals surface area contributed by atoms with Crippen molar-refractivity contribution < 1.29 is 4.79 Å². The first-order valence-corrected chi connectivity index (χ1v) is 4.04. The molecule has 66 valence electrons. The molecule has 1 rings (SSSR count). The number of piperazine rings is 1. The van der Waals surface area contributed by atoms with Gasteiger partial charge in [0.05, 0.1) is 6.04 Å². The third kappa shape index (κ3) is 1.84. The molecule has 0 aromatic rings. The monoisotopic (exact) mass is 166 g/mol. The largest absolute Gasteiger partial charge is 0.303 e. The second-order valence-electron chi connectivity index (χ2n) is 3.27. The van der Waals surface area contributed by atoms with Crippen LogP contribution in [0.3, 0.4) is 0 Å². The van der Waals surface area contributed by atoms with Gasteiger partial charge in [0.15, 0.2) is 0 Å². The van der Waals surface area contributed by atoms with Gasteiger partial charge in [-0.25, -0.2) is 0 Å². The van der Waals surface area contributed by atoms with Gasteiger partial charge in [-0.05, 0) is 20.0 Å². The van der Waals surface area contributed by atoms with E-state index in [1.54, 1.807) is 0 Å². The van der Waals surface area contributed by atoms with Crippen LogP contribution in [0.4, 0.5) is 0 Å². The lowest BCUT2D eigenvalue weighted by atomic mass is 10.1. The maximum atomic E-state index is 11.2. The minimum absolute atomic E-state index is 0.103. The van der Waals surface area contributed by atoms with E-state index < -0.39 is 0 Å². The first-order chi connectivity index (χ1) is 5.65. The van der Waals surface area contributed by atoms with Crippen molar-refractivity contribution in [2.45, 2.75) is 6.04 Å². The highest BCUT2D eigenvalue weighted by Crippen LogP contribution is 2.05. The van der Waals surface area contributed by atoms with E-state index in [0.717, 1.165) is 19.6 Å². The topological polar surface area (TPSA) is 23.6 Å². The number of carbonyl (C=O) groups is 1. The molecule has 0 amide bonds. The van der Waals surface area contributed by atoms with Gasteiger partial charge < -0.3 is 4.90 Å². The van der Waals surface area contributed by atoms with E-state index in [1.807, 2.05) is 19.0 Å². The third-order valence-corrected chi connectivity index (χ3v) is 2.30. The highest BCUT2D eigenvalue weighted by Gasteiger charge is 2.26. The molecule has 1 atom stereocenters. The Hall–Kier alpha value is -0.850. The van der Waals surface area contributed by atoms with Crippen LogP contribution >= 0.6 is 0 Å². The second-order valence-corrected chi connectivity index (χ2v) is 3.27. The van der Waals surface area contributed by atoms with Gasteiger partial charge in [-0.1, -0.05) is 0 Å². The van der Waals surface area contributed by atoms with Crippen molar-refractivity contribution in [2.75, 3.05) is 33.7 Å². The Morgan fingerprint density at radius 1 is 1.50 bits per heavy atom. The Morgan fingerprint density at radius 2 is 2.17 bits per heavy atom. The normalized spacial score (nSPS) is 26.6. The SMILES string of the molecule is C#CC(=O)C1CN(C)CCN1C. The summed E-state index contributed by atoms with van der Waals surface area (Å²) in [5, 5.41) is 0. The fourth-order valence-electron chi connectivity index (χ4n) is 1.39. The molecule has 1 aliphatic rings. The minimum Gasteiger partial charge on any atom is -0.303 e. The van der Waals surface area contributed by atoms with Crippen molar-refractivity contribution in [1.82, 2.24) is 9.80 Å². The summed E-state index contributed by atoms with van der Waals surface area (Å²) in [6, 6.07) is -0.103. The molecule has 0 saturated carbocycles. The lowest BCUT2D eigenvalue weighted by molar-refractivity contribution is -0.120. The molecule has 0 aromatic carbocycles. The van der Waals surface area contributed by atoms with Crippen LogP contribution in [-0.2, 0) is 4.79 Å². The number of hydrogen-bond acceptors (Lipinski definition) is 3. The summed E-state index contributed by atoms with van der Waals surface area (Å²) in [6.45, 7) is 2.67. The number of terminal acetylenes is 1. The van der Waals surface area contributed by atoms with Crippen LogP contribution in [0.2, 0.25) is 0 Å². The smallest absolute Gasteiger partial charge is 0.223 e. The average Bonchev–Trinajstić information content (AvgIpc) is 2.08. The van der Waals surface area contributed by atoms with Gasteiger partial charge in [0.1, 0.15) is 0 Å². The van der Waals surface area contributed by atoms with Crippen LogP contribution in [0.15, 0.2) is 0 Å². The zero-order chi connectivity index (χ0) is 9.14. The van der Waals surface area contributed by atoms with Gasteiger partial charge in [0.2, 0.25) is 5.78 Å². The highest BCUT2D eigenvalue weighted by atomic mass is 16.1. The Bertz CT molecular complexity index is 219. The second kappa shape index (κ2) is 3.70. The van der Waals surface area contributed by atoms with Crippen LogP contribution in [-0.4, -0.2) is 55.4 Å². The zero-order valence-corrected chi connectivity index (χ0v) is 7.58. The van der Waals surface area contributed by atoms with Crippen molar-refractivity contribution in [2.24, 2.45) is 0 Å². The Balaban J connectivity index is 2.62. The first-order valence-electron chi connectivity index (χ1n) is 4.04. The van der Waals surface area contributed by atoms with Gasteiger partial charge in [0, 0.05) is 19.6 Å². The van der Waals surface area contributed by atoms with E-state index in [0.29, 0.717) is 0 Å². The van der Waals surface area contributed by atoms with Crippen molar-refractivity contribution in [3.63, 3.8) is 0 Å². The van der Waals surface area contributed by atoms with Crippen LogP contribution in [0.25, 0.3) is 0 Å². The average molecular weight is 166 g/mol. The van der Waals surface area contributed by atoms with Gasteiger partial charge >= 0.3 is 0 Å². The van der Waals surface area contributed by atoms with E-state index in [9.17, 15) is 4.79 Å². The summed E-state index contributed by atoms with van der Waals surface area (Å²) < 4.78 is 0. The molecule has 1 unspecified atom stereocenters. The van der Waals surface area contributed by atoms with E-state index in [4.69, 9.17) is 6.42 Å². The lowest BCUT2D eigenvalue weighted by Crippen LogP contribution is -2.53. The van der Waals surface area contributed by atoms with E-state index in [2.05, 4.69) is 10.8 Å². The molecule has 0 spiro atoms. The predicted molar refractivity (Wildman–Crippen MR) is 47.8 cm³/mol. The van der Waals surface area contributed by atoms with Crippen LogP contribution in [0, 0.1) is 12.3 Å². The first kappa shape index (κ1) is 9.24. The molecule has 1 saturated heterocycles. The van der Waals surface area contributed by atoms with E-state index in [1.165, 1.54) is 0 Å². The molecular formula is C9H14N2O. The summed E-state index contributed by atoms with van der Waals surface area (Å²) in [5.74, 6) is 2.07. The molecule has 0 aromatic heterocycles. The van der Waals surface area contributed by atoms with Crippen molar-refractivity contribution >= 4 is 5.78 Å². The molecule has 0 N–H and O–H groups in total. The van der Waals surface area contributed by atoms with E-state index >= 15 is 0 Å². The maximum Gasteiger partial charge on any atom is 0.223 e. The Morgan fingerprint density at radius 3 is 2.75 bits per heavy atom. The summed E-state index contributed by atoms with van der Waals surface area (Å²) in [4.78, 5) is 15.4. The number of ketones is 1. The summed E-state index contributed by atoms with van der Waals surface area (Å²) in [7, 11) is 3.94. The van der Waals surface area contributed by atoms with Gasteiger partial charge in [-0.3, -0.25) is 9.69 Å². The summed E-state index contributed by atoms with van der Waals surface area (Å²) in [5.41, 5.74) is 0. The quantitative estimate of drug-likeness (QED) is 0.385. The minimum atomic E-state index is -0.107. The van der Waals surface area contributed by atoms with Crippen molar-refractivity contribution in [3.8, 4) is 12.3 Å².